The Morgan fingerprint density at radius 1 is 1.10 bits per heavy atom. The van der Waals surface area contributed by atoms with E-state index in [1.54, 1.807) is 11.3 Å². The maximum absolute atomic E-state index is 13.5. The van der Waals surface area contributed by atoms with Crippen molar-refractivity contribution in [3.63, 3.8) is 0 Å². The van der Waals surface area contributed by atoms with Crippen molar-refractivity contribution in [1.29, 1.82) is 0 Å². The zero-order valence-electron chi connectivity index (χ0n) is 17.3. The van der Waals surface area contributed by atoms with Crippen LogP contribution in [0.4, 0.5) is 4.39 Å². The molecule has 29 heavy (non-hydrogen) atoms. The van der Waals surface area contributed by atoms with Crippen LogP contribution in [-0.4, -0.2) is 10.5 Å². The summed E-state index contributed by atoms with van der Waals surface area (Å²) in [6.45, 7) is 4.97. The van der Waals surface area contributed by atoms with Gasteiger partial charge in [0, 0.05) is 11.4 Å². The molecule has 5 heteroatoms. The number of aromatic nitrogens is 1. The van der Waals surface area contributed by atoms with Crippen LogP contribution in [-0.2, 0) is 17.8 Å². The summed E-state index contributed by atoms with van der Waals surface area (Å²) in [4.78, 5) is 20.3. The number of carbonyl (C=O) groups excluding carboxylic acids is 1. The minimum Gasteiger partial charge on any atom is -0.316 e. The summed E-state index contributed by atoms with van der Waals surface area (Å²) in [6, 6.07) is 6.66. The first-order valence-electron chi connectivity index (χ1n) is 11.1. The van der Waals surface area contributed by atoms with Crippen molar-refractivity contribution in [3.05, 3.63) is 39.8 Å². The zero-order valence-corrected chi connectivity index (χ0v) is 18.1. The fourth-order valence-electron chi connectivity index (χ4n) is 6.58. The topological polar surface area (TPSA) is 34.4 Å². The predicted octanol–water partition coefficient (Wildman–Crippen LogP) is 5.58. The lowest BCUT2D eigenvalue weighted by Gasteiger charge is -2.55. The van der Waals surface area contributed by atoms with Gasteiger partial charge in [-0.1, -0.05) is 6.92 Å². The largest absolute Gasteiger partial charge is 0.316 e. The second-order valence-electron chi connectivity index (χ2n) is 9.38. The number of aryl methyl sites for hydroxylation is 1. The van der Waals surface area contributed by atoms with Gasteiger partial charge in [0.1, 0.15) is 5.82 Å². The minimum absolute atomic E-state index is 0.119. The Hall–Kier alpha value is -1.75. The molecule has 0 N–H and O–H groups in total. The molecule has 0 radical (unpaired) electrons. The number of hydrogen-bond acceptors (Lipinski definition) is 2. The van der Waals surface area contributed by atoms with Crippen molar-refractivity contribution < 1.29 is 9.18 Å². The molecule has 0 spiro atoms. The van der Waals surface area contributed by atoms with Crippen LogP contribution in [0.1, 0.15) is 57.2 Å². The molecule has 4 aliphatic rings. The Kier molecular flexibility index (Phi) is 4.77. The summed E-state index contributed by atoms with van der Waals surface area (Å²) in [5.41, 5.74) is 1.87. The zero-order chi connectivity index (χ0) is 20.2. The third-order valence-electron chi connectivity index (χ3n) is 7.42. The molecule has 3 nitrogen and oxygen atoms in total. The van der Waals surface area contributed by atoms with Gasteiger partial charge in [-0.25, -0.2) is 4.39 Å². The van der Waals surface area contributed by atoms with Crippen LogP contribution in [0.15, 0.2) is 29.3 Å². The summed E-state index contributed by atoms with van der Waals surface area (Å²) in [5, 5.41) is 0. The van der Waals surface area contributed by atoms with Gasteiger partial charge in [0.15, 0.2) is 4.80 Å². The molecule has 2 aromatic rings. The molecule has 0 unspecified atom stereocenters. The Labute approximate surface area is 175 Å². The molecule has 4 fully saturated rings. The van der Waals surface area contributed by atoms with Crippen LogP contribution in [0, 0.1) is 29.0 Å². The summed E-state index contributed by atoms with van der Waals surface area (Å²) in [5.74, 6) is 2.11. The van der Waals surface area contributed by atoms with E-state index in [0.29, 0.717) is 0 Å². The quantitative estimate of drug-likeness (QED) is 0.645. The van der Waals surface area contributed by atoms with E-state index < -0.39 is 0 Å². The highest BCUT2D eigenvalue weighted by molar-refractivity contribution is 7.09. The molecule has 0 aliphatic heterocycles. The van der Waals surface area contributed by atoms with E-state index >= 15 is 0 Å². The number of benzene rings is 1. The highest BCUT2D eigenvalue weighted by atomic mass is 32.1. The molecule has 1 heterocycles. The third kappa shape index (κ3) is 3.22. The minimum atomic E-state index is -0.230. The van der Waals surface area contributed by atoms with E-state index in [0.717, 1.165) is 66.0 Å². The van der Waals surface area contributed by atoms with Crippen molar-refractivity contribution in [2.45, 2.75) is 65.3 Å². The molecule has 154 valence electrons. The highest BCUT2D eigenvalue weighted by Gasteiger charge is 2.54. The number of hydrogen-bond donors (Lipinski definition) is 0. The number of thiazole rings is 1. The first-order valence-corrected chi connectivity index (χ1v) is 11.9. The summed E-state index contributed by atoms with van der Waals surface area (Å²) < 4.78 is 15.6. The second-order valence-corrected chi connectivity index (χ2v) is 10.4. The van der Waals surface area contributed by atoms with Gasteiger partial charge in [0.25, 0.3) is 5.91 Å². The van der Waals surface area contributed by atoms with E-state index in [-0.39, 0.29) is 17.1 Å². The third-order valence-corrected chi connectivity index (χ3v) is 8.65. The van der Waals surface area contributed by atoms with E-state index in [1.807, 2.05) is 12.1 Å². The first-order chi connectivity index (χ1) is 14.0. The Bertz CT molecular complexity index is 966. The van der Waals surface area contributed by atoms with E-state index in [2.05, 4.69) is 18.4 Å². The van der Waals surface area contributed by atoms with Gasteiger partial charge < -0.3 is 4.57 Å². The molecular weight excluding hydrogens is 383 g/mol. The number of amides is 1. The smallest absolute Gasteiger partial charge is 0.254 e. The number of rotatable bonds is 4. The van der Waals surface area contributed by atoms with Gasteiger partial charge in [0.2, 0.25) is 0 Å². The van der Waals surface area contributed by atoms with Crippen LogP contribution in [0.25, 0.3) is 11.3 Å². The van der Waals surface area contributed by atoms with Gasteiger partial charge in [-0.15, -0.1) is 11.3 Å². The lowest BCUT2D eigenvalue weighted by atomic mass is 9.49. The SMILES string of the molecule is CCc1sc(=NC(=O)C23CC4CC(CC(C4)C2)C3)n(CC)c1-c1ccc(F)cc1. The number of nitrogens with zero attached hydrogens (tertiary/aromatic N) is 2. The molecule has 1 aromatic carbocycles. The fourth-order valence-corrected chi connectivity index (χ4v) is 7.73. The van der Waals surface area contributed by atoms with Gasteiger partial charge in [-0.2, -0.15) is 4.99 Å². The molecular formula is C24H29FN2OS. The van der Waals surface area contributed by atoms with Crippen LogP contribution in [0.2, 0.25) is 0 Å². The second kappa shape index (κ2) is 7.19. The summed E-state index contributed by atoms with van der Waals surface area (Å²) >= 11 is 1.62. The van der Waals surface area contributed by atoms with Crippen LogP contribution in [0.3, 0.4) is 0 Å². The average molecular weight is 413 g/mol. The Morgan fingerprint density at radius 3 is 2.21 bits per heavy atom. The molecule has 4 bridgehead atoms. The Morgan fingerprint density at radius 2 is 1.69 bits per heavy atom. The maximum atomic E-state index is 13.5. The van der Waals surface area contributed by atoms with E-state index in [9.17, 15) is 9.18 Å². The number of halogens is 1. The summed E-state index contributed by atoms with van der Waals surface area (Å²) in [7, 11) is 0. The maximum Gasteiger partial charge on any atom is 0.254 e. The monoisotopic (exact) mass is 412 g/mol. The van der Waals surface area contributed by atoms with E-state index in [1.165, 1.54) is 36.3 Å². The molecule has 4 saturated carbocycles. The van der Waals surface area contributed by atoms with E-state index in [4.69, 9.17) is 4.99 Å². The molecule has 0 saturated heterocycles. The lowest BCUT2D eigenvalue weighted by molar-refractivity contribution is -0.142. The van der Waals surface area contributed by atoms with Gasteiger partial charge in [0.05, 0.1) is 11.1 Å². The number of carbonyl (C=O) groups is 1. The predicted molar refractivity (Wildman–Crippen MR) is 114 cm³/mol. The van der Waals surface area contributed by atoms with Crippen LogP contribution < -0.4 is 4.80 Å². The van der Waals surface area contributed by atoms with Crippen molar-refractivity contribution in [3.8, 4) is 11.3 Å². The van der Waals surface area contributed by atoms with Crippen molar-refractivity contribution in [1.82, 2.24) is 4.57 Å². The van der Waals surface area contributed by atoms with Gasteiger partial charge >= 0.3 is 0 Å². The van der Waals surface area contributed by atoms with Gasteiger partial charge in [-0.05, 0) is 99.5 Å². The van der Waals surface area contributed by atoms with Crippen LogP contribution >= 0.6 is 11.3 Å². The lowest BCUT2D eigenvalue weighted by Crippen LogP contribution is -2.49. The fraction of sp³-hybridized carbons (Fsp3) is 0.583. The Balaban J connectivity index is 1.56. The first kappa shape index (κ1) is 19.2. The molecule has 4 aliphatic carbocycles. The highest BCUT2D eigenvalue weighted by Crippen LogP contribution is 2.60. The van der Waals surface area contributed by atoms with Crippen LogP contribution in [0.5, 0.6) is 0 Å². The molecule has 6 rings (SSSR count). The molecule has 1 aromatic heterocycles. The van der Waals surface area contributed by atoms with Crippen molar-refractivity contribution in [2.75, 3.05) is 0 Å². The summed E-state index contributed by atoms with van der Waals surface area (Å²) in [6.07, 6.45) is 8.00. The average Bonchev–Trinajstić information content (AvgIpc) is 3.05. The molecule has 1 amide bonds. The van der Waals surface area contributed by atoms with Gasteiger partial charge in [-0.3, -0.25) is 4.79 Å². The molecule has 0 atom stereocenters. The van der Waals surface area contributed by atoms with Crippen molar-refractivity contribution in [2.24, 2.45) is 28.2 Å². The van der Waals surface area contributed by atoms with Crippen molar-refractivity contribution >= 4 is 17.2 Å². The normalized spacial score (nSPS) is 30.9. The standard InChI is InChI=1S/C24H29FN2OS/c1-3-20-21(18-5-7-19(25)8-6-18)27(4-2)23(29-20)26-22(28)24-12-15-9-16(13-24)11-17(10-15)14-24/h5-8,15-17H,3-4,9-14H2,1-2H3.